The van der Waals surface area contributed by atoms with Crippen molar-refractivity contribution >= 4 is 44.6 Å². The first-order chi connectivity index (χ1) is 10.7. The second-order valence-electron chi connectivity index (χ2n) is 4.33. The fourth-order valence-corrected chi connectivity index (χ4v) is 3.26. The molecule has 0 aromatic heterocycles. The normalized spacial score (nSPS) is 11.1. The molecule has 0 amide bonds. The first kappa shape index (κ1) is 17.3. The van der Waals surface area contributed by atoms with E-state index in [1.807, 2.05) is 0 Å². The number of nitrogens with zero attached hydrogens (tertiary/aromatic N) is 1. The third-order valence-corrected chi connectivity index (χ3v) is 4.82. The van der Waals surface area contributed by atoms with Gasteiger partial charge in [-0.1, -0.05) is 23.2 Å². The summed E-state index contributed by atoms with van der Waals surface area (Å²) in [6.07, 6.45) is 0. The van der Waals surface area contributed by atoms with E-state index in [0.717, 1.165) is 12.1 Å². The number of sulfonamides is 1. The van der Waals surface area contributed by atoms with E-state index in [1.54, 1.807) is 0 Å². The lowest BCUT2D eigenvalue weighted by Crippen LogP contribution is -2.13. The molecule has 0 aliphatic rings. The monoisotopic (exact) mass is 376 g/mol. The van der Waals surface area contributed by atoms with Crippen molar-refractivity contribution in [1.82, 2.24) is 0 Å². The topological polar surface area (TPSA) is 98.5 Å². The molecule has 0 bridgehead atoms. The van der Waals surface area contributed by atoms with Crippen molar-refractivity contribution in [3.63, 3.8) is 0 Å². The van der Waals surface area contributed by atoms with Gasteiger partial charge in [-0.15, -0.1) is 0 Å². The van der Waals surface area contributed by atoms with Crippen LogP contribution in [0.5, 0.6) is 5.75 Å². The zero-order valence-electron chi connectivity index (χ0n) is 11.6. The van der Waals surface area contributed by atoms with Gasteiger partial charge in [0.2, 0.25) is 0 Å². The van der Waals surface area contributed by atoms with Gasteiger partial charge in [0, 0.05) is 6.07 Å². The molecule has 7 nitrogen and oxygen atoms in total. The molecular formula is C13H10Cl2N2O5S. The van der Waals surface area contributed by atoms with Crippen molar-refractivity contribution in [1.29, 1.82) is 0 Å². The average molecular weight is 377 g/mol. The molecule has 2 aromatic carbocycles. The molecule has 10 heteroatoms. The summed E-state index contributed by atoms with van der Waals surface area (Å²) in [6, 6.07) is 7.51. The Balaban J connectivity index is 2.37. The van der Waals surface area contributed by atoms with Crippen LogP contribution >= 0.6 is 23.2 Å². The molecule has 122 valence electrons. The van der Waals surface area contributed by atoms with Crippen LogP contribution in [0.3, 0.4) is 0 Å². The largest absolute Gasteiger partial charge is 0.495 e. The number of nitro benzene ring substituents is 1. The van der Waals surface area contributed by atoms with Crippen molar-refractivity contribution < 1.29 is 18.1 Å². The number of nitrogens with one attached hydrogen (secondary N) is 1. The molecule has 0 saturated carbocycles. The summed E-state index contributed by atoms with van der Waals surface area (Å²) < 4.78 is 31.9. The lowest BCUT2D eigenvalue weighted by atomic mass is 10.3. The first-order valence-electron chi connectivity index (χ1n) is 6.05. The zero-order valence-corrected chi connectivity index (χ0v) is 13.9. The number of benzene rings is 2. The third-order valence-electron chi connectivity index (χ3n) is 2.83. The molecule has 2 rings (SSSR count). The maximum Gasteiger partial charge on any atom is 0.289 e. The number of hydrogen-bond donors (Lipinski definition) is 1. The lowest BCUT2D eigenvalue weighted by molar-refractivity contribution is -0.384. The fourth-order valence-electron chi connectivity index (χ4n) is 1.74. The van der Waals surface area contributed by atoms with Crippen molar-refractivity contribution in [2.45, 2.75) is 4.90 Å². The van der Waals surface area contributed by atoms with Crippen LogP contribution in [-0.2, 0) is 10.0 Å². The van der Waals surface area contributed by atoms with Gasteiger partial charge in [0.25, 0.3) is 15.7 Å². The number of halogens is 2. The Hall–Kier alpha value is -2.03. The number of ether oxygens (including phenoxy) is 1. The molecule has 0 aliphatic carbocycles. The Kier molecular flexibility index (Phi) is 4.98. The highest BCUT2D eigenvalue weighted by Gasteiger charge is 2.21. The summed E-state index contributed by atoms with van der Waals surface area (Å²) in [6.45, 7) is 0. The number of nitro groups is 1. The second kappa shape index (κ2) is 6.61. The molecule has 2 aromatic rings. The fraction of sp³-hybridized carbons (Fsp3) is 0.0769. The Morgan fingerprint density at radius 2 is 1.83 bits per heavy atom. The van der Waals surface area contributed by atoms with E-state index in [1.165, 1.54) is 31.4 Å². The van der Waals surface area contributed by atoms with Crippen molar-refractivity contribution in [2.24, 2.45) is 0 Å². The van der Waals surface area contributed by atoms with Gasteiger partial charge in [0.15, 0.2) is 0 Å². The van der Waals surface area contributed by atoms with Gasteiger partial charge in [0.1, 0.15) is 10.8 Å². The van der Waals surface area contributed by atoms with Crippen molar-refractivity contribution in [3.05, 3.63) is 56.6 Å². The van der Waals surface area contributed by atoms with E-state index in [4.69, 9.17) is 27.9 Å². The molecule has 0 fully saturated rings. The average Bonchev–Trinajstić information content (AvgIpc) is 2.47. The molecule has 23 heavy (non-hydrogen) atoms. The minimum absolute atomic E-state index is 0.151. The van der Waals surface area contributed by atoms with Gasteiger partial charge in [-0.05, 0) is 30.3 Å². The van der Waals surface area contributed by atoms with Crippen LogP contribution in [0.25, 0.3) is 0 Å². The highest BCUT2D eigenvalue weighted by molar-refractivity contribution is 7.92. The zero-order chi connectivity index (χ0) is 17.2. The van der Waals surface area contributed by atoms with Gasteiger partial charge < -0.3 is 4.74 Å². The number of anilines is 1. The highest BCUT2D eigenvalue weighted by Crippen LogP contribution is 2.30. The van der Waals surface area contributed by atoms with Gasteiger partial charge in [0.05, 0.1) is 27.6 Å². The predicted molar refractivity (Wildman–Crippen MR) is 86.9 cm³/mol. The van der Waals surface area contributed by atoms with Crippen LogP contribution in [0, 0.1) is 10.1 Å². The Morgan fingerprint density at radius 1 is 1.13 bits per heavy atom. The molecule has 0 atom stereocenters. The van der Waals surface area contributed by atoms with Crippen LogP contribution in [0.15, 0.2) is 41.3 Å². The van der Waals surface area contributed by atoms with Crippen molar-refractivity contribution in [3.8, 4) is 5.75 Å². The van der Waals surface area contributed by atoms with Crippen molar-refractivity contribution in [2.75, 3.05) is 11.8 Å². The molecule has 0 aliphatic heterocycles. The molecule has 0 heterocycles. The van der Waals surface area contributed by atoms with Crippen LogP contribution in [0.2, 0.25) is 10.0 Å². The Morgan fingerprint density at radius 3 is 2.39 bits per heavy atom. The molecule has 0 spiro atoms. The summed E-state index contributed by atoms with van der Waals surface area (Å²) in [5, 5.41) is 10.9. The Bertz CT molecular complexity index is 871. The van der Waals surface area contributed by atoms with Gasteiger partial charge in [-0.2, -0.15) is 0 Å². The van der Waals surface area contributed by atoms with E-state index >= 15 is 0 Å². The van der Waals surface area contributed by atoms with E-state index in [2.05, 4.69) is 4.72 Å². The van der Waals surface area contributed by atoms with Gasteiger partial charge in [-0.3, -0.25) is 14.8 Å². The smallest absolute Gasteiger partial charge is 0.289 e. The molecule has 0 radical (unpaired) electrons. The number of hydrogen-bond acceptors (Lipinski definition) is 5. The predicted octanol–water partition coefficient (Wildman–Crippen LogP) is 3.71. The van der Waals surface area contributed by atoms with Crippen LogP contribution in [-0.4, -0.2) is 20.5 Å². The van der Waals surface area contributed by atoms with E-state index in [-0.39, 0.29) is 20.6 Å². The van der Waals surface area contributed by atoms with Crippen LogP contribution < -0.4 is 9.46 Å². The molecule has 1 N–H and O–H groups in total. The Labute approximate surface area is 142 Å². The quantitative estimate of drug-likeness (QED) is 0.633. The molecule has 0 saturated heterocycles. The van der Waals surface area contributed by atoms with Crippen LogP contribution in [0.1, 0.15) is 0 Å². The SMILES string of the molecule is COc1ccc(NS(=O)(=O)c2ccc(Cl)c([N+](=O)[O-])c2)cc1Cl. The van der Waals surface area contributed by atoms with Gasteiger partial charge >= 0.3 is 0 Å². The summed E-state index contributed by atoms with van der Waals surface area (Å²) in [5.41, 5.74) is -0.310. The minimum Gasteiger partial charge on any atom is -0.495 e. The maximum atomic E-state index is 12.3. The van der Waals surface area contributed by atoms with E-state index in [0.29, 0.717) is 5.75 Å². The van der Waals surface area contributed by atoms with E-state index < -0.39 is 20.6 Å². The highest BCUT2D eigenvalue weighted by atomic mass is 35.5. The number of methoxy groups -OCH3 is 1. The summed E-state index contributed by atoms with van der Waals surface area (Å²) in [7, 11) is -2.61. The van der Waals surface area contributed by atoms with Crippen LogP contribution in [0.4, 0.5) is 11.4 Å². The first-order valence-corrected chi connectivity index (χ1v) is 8.29. The summed E-state index contributed by atoms with van der Waals surface area (Å²) in [4.78, 5) is 9.80. The standard InChI is InChI=1S/C13H10Cl2N2O5S/c1-22-13-5-2-8(6-11(13)15)16-23(20,21)9-3-4-10(14)12(7-9)17(18)19/h2-7,16H,1H3. The second-order valence-corrected chi connectivity index (χ2v) is 6.82. The number of rotatable bonds is 5. The minimum atomic E-state index is -4.03. The lowest BCUT2D eigenvalue weighted by Gasteiger charge is -2.10. The molecule has 0 unspecified atom stereocenters. The van der Waals surface area contributed by atoms with Gasteiger partial charge in [-0.25, -0.2) is 8.42 Å². The maximum absolute atomic E-state index is 12.3. The molecular weight excluding hydrogens is 367 g/mol. The third kappa shape index (κ3) is 3.84. The summed E-state index contributed by atoms with van der Waals surface area (Å²) in [5.74, 6) is 0.386. The van der Waals surface area contributed by atoms with E-state index in [9.17, 15) is 18.5 Å². The summed E-state index contributed by atoms with van der Waals surface area (Å²) >= 11 is 11.6.